The van der Waals surface area contributed by atoms with Crippen LogP contribution in [0, 0.1) is 19.3 Å². The molecule has 2 nitrogen and oxygen atoms in total. The second kappa shape index (κ2) is 5.59. The van der Waals surface area contributed by atoms with Crippen molar-refractivity contribution >= 4 is 14.1 Å². The molecule has 0 saturated carbocycles. The van der Waals surface area contributed by atoms with Gasteiger partial charge < -0.3 is 12.9 Å². The Bertz CT molecular complexity index is 707. The maximum Gasteiger partial charge on any atom is 0.184 e. The van der Waals surface area contributed by atoms with Crippen molar-refractivity contribution < 1.29 is 4.74 Å². The van der Waals surface area contributed by atoms with Gasteiger partial charge in [-0.2, -0.15) is 5.30 Å². The lowest BCUT2D eigenvalue weighted by molar-refractivity contribution is 0.236. The van der Waals surface area contributed by atoms with Crippen LogP contribution in [0.2, 0.25) is 0 Å². The molecule has 1 aliphatic heterocycles. The molecule has 1 aromatic carbocycles. The van der Waals surface area contributed by atoms with Crippen LogP contribution in [0.25, 0.3) is 10.9 Å². The van der Waals surface area contributed by atoms with Crippen LogP contribution in [0.3, 0.4) is 0 Å². The summed E-state index contributed by atoms with van der Waals surface area (Å²) >= 11 is 0. The standard InChI is InChI=1S/C19H23NOP/c1-12-13(2)17(18-20-15(11-21-18)19(3,4)5)22-16(12)14-9-7-6-8-10-14/h6-10,15H,11H2,1-5H3/q-1/t15-/m1/s1. The average Bonchev–Trinajstić information content (AvgIpc) is 3.07. The molecule has 0 fully saturated rings. The normalized spacial score (nSPS) is 18.6. The second-order valence-electron chi connectivity index (χ2n) is 7.05. The third-order valence-corrected chi connectivity index (χ3v) is 5.96. The van der Waals surface area contributed by atoms with E-state index in [1.807, 2.05) is 0 Å². The first kappa shape index (κ1) is 15.4. The number of aliphatic imine (C=N–C) groups is 1. The first-order valence-corrected chi connectivity index (χ1v) is 8.67. The van der Waals surface area contributed by atoms with E-state index in [0.29, 0.717) is 6.61 Å². The number of hydrogen-bond acceptors (Lipinski definition) is 2. The van der Waals surface area contributed by atoms with Crippen LogP contribution in [-0.4, -0.2) is 18.5 Å². The van der Waals surface area contributed by atoms with E-state index < -0.39 is 0 Å². The first-order chi connectivity index (χ1) is 10.4. The lowest BCUT2D eigenvalue weighted by Crippen LogP contribution is -2.25. The molecule has 2 aromatic rings. The molecule has 0 N–H and O–H groups in total. The lowest BCUT2D eigenvalue weighted by Gasteiger charge is -2.21. The van der Waals surface area contributed by atoms with Crippen LogP contribution in [0.1, 0.15) is 37.2 Å². The minimum Gasteiger partial charge on any atom is -0.509 e. The van der Waals surface area contributed by atoms with E-state index in [9.17, 15) is 0 Å². The summed E-state index contributed by atoms with van der Waals surface area (Å²) in [7, 11) is 1.22. The van der Waals surface area contributed by atoms with Crippen molar-refractivity contribution in [3.05, 3.63) is 46.8 Å². The van der Waals surface area contributed by atoms with Crippen molar-refractivity contribution in [3.63, 3.8) is 0 Å². The van der Waals surface area contributed by atoms with Gasteiger partial charge in [-0.05, 0) is 24.8 Å². The highest BCUT2D eigenvalue weighted by molar-refractivity contribution is 7.36. The fourth-order valence-electron chi connectivity index (χ4n) is 2.67. The molecule has 2 heterocycles. The zero-order valence-electron chi connectivity index (χ0n) is 14.0. The lowest BCUT2D eigenvalue weighted by atomic mass is 9.88. The largest absolute Gasteiger partial charge is 0.509 e. The Kier molecular flexibility index (Phi) is 3.91. The van der Waals surface area contributed by atoms with Crippen LogP contribution in [0.15, 0.2) is 35.3 Å². The van der Waals surface area contributed by atoms with Crippen LogP contribution in [-0.2, 0) is 4.74 Å². The van der Waals surface area contributed by atoms with Crippen LogP contribution in [0.5, 0.6) is 0 Å². The van der Waals surface area contributed by atoms with E-state index in [0.717, 1.165) is 5.90 Å². The van der Waals surface area contributed by atoms with Gasteiger partial charge in [0.05, 0.1) is 6.04 Å². The number of nitrogens with zero attached hydrogens (tertiary/aromatic N) is 1. The monoisotopic (exact) mass is 312 g/mol. The molecular weight excluding hydrogens is 289 g/mol. The third-order valence-electron chi connectivity index (χ3n) is 4.40. The van der Waals surface area contributed by atoms with Gasteiger partial charge in [-0.3, -0.25) is 0 Å². The van der Waals surface area contributed by atoms with E-state index in [2.05, 4.69) is 65.0 Å². The molecule has 3 rings (SSSR count). The molecule has 3 heteroatoms. The molecule has 22 heavy (non-hydrogen) atoms. The fourth-order valence-corrected chi connectivity index (χ4v) is 4.06. The average molecular weight is 312 g/mol. The Morgan fingerprint density at radius 1 is 1.05 bits per heavy atom. The van der Waals surface area contributed by atoms with Crippen molar-refractivity contribution in [2.45, 2.75) is 40.7 Å². The van der Waals surface area contributed by atoms with Crippen molar-refractivity contribution in [2.24, 2.45) is 10.4 Å². The Morgan fingerprint density at radius 2 is 1.68 bits per heavy atom. The van der Waals surface area contributed by atoms with Gasteiger partial charge in [0.1, 0.15) is 6.61 Å². The Labute approximate surface area is 134 Å². The molecule has 0 aliphatic carbocycles. The quantitative estimate of drug-likeness (QED) is 0.721. The van der Waals surface area contributed by atoms with E-state index in [1.165, 1.54) is 35.5 Å². The first-order valence-electron chi connectivity index (χ1n) is 7.78. The molecule has 0 radical (unpaired) electrons. The van der Waals surface area contributed by atoms with Gasteiger partial charge in [0.15, 0.2) is 5.90 Å². The van der Waals surface area contributed by atoms with E-state index in [1.54, 1.807) is 0 Å². The number of hydrogen-bond donors (Lipinski definition) is 0. The van der Waals surface area contributed by atoms with Gasteiger partial charge in [-0.1, -0.05) is 62.2 Å². The fraction of sp³-hybridized carbons (Fsp3) is 0.421. The molecule has 1 aliphatic rings. The van der Waals surface area contributed by atoms with Crippen LogP contribution in [0.4, 0.5) is 0 Å². The molecule has 0 unspecified atom stereocenters. The number of ether oxygens (including phenoxy) is 1. The highest BCUT2D eigenvalue weighted by atomic mass is 31.0. The summed E-state index contributed by atoms with van der Waals surface area (Å²) < 4.78 is 5.94. The zero-order chi connectivity index (χ0) is 15.9. The molecule has 0 amide bonds. The summed E-state index contributed by atoms with van der Waals surface area (Å²) in [6, 6.07) is 10.9. The number of rotatable bonds is 2. The van der Waals surface area contributed by atoms with Gasteiger partial charge in [0.25, 0.3) is 0 Å². The van der Waals surface area contributed by atoms with Crippen molar-refractivity contribution in [1.29, 1.82) is 0 Å². The number of benzene rings is 1. The summed E-state index contributed by atoms with van der Waals surface area (Å²) in [5.41, 5.74) is 4.11. The van der Waals surface area contributed by atoms with Crippen molar-refractivity contribution in [2.75, 3.05) is 6.61 Å². The SMILES string of the molecule is Cc1c(C2=N[C@@H](C(C)(C)C)CO2)[p-]c(-c2ccccc2)c1C. The Balaban J connectivity index is 2.00. The summed E-state index contributed by atoms with van der Waals surface area (Å²) in [6.07, 6.45) is 0. The summed E-state index contributed by atoms with van der Waals surface area (Å²) in [5, 5.41) is 2.61. The van der Waals surface area contributed by atoms with Gasteiger partial charge in [-0.25, -0.2) is 4.99 Å². The highest BCUT2D eigenvalue weighted by Gasteiger charge is 2.30. The van der Waals surface area contributed by atoms with Crippen molar-refractivity contribution in [3.8, 4) is 10.9 Å². The maximum absolute atomic E-state index is 5.94. The predicted molar refractivity (Wildman–Crippen MR) is 95.2 cm³/mol. The van der Waals surface area contributed by atoms with Crippen LogP contribution < -0.4 is 0 Å². The van der Waals surface area contributed by atoms with Gasteiger partial charge in [-0.15, -0.1) is 5.30 Å². The summed E-state index contributed by atoms with van der Waals surface area (Å²) in [4.78, 5) is 4.86. The minimum absolute atomic E-state index is 0.149. The second-order valence-corrected chi connectivity index (χ2v) is 8.17. The zero-order valence-corrected chi connectivity index (χ0v) is 14.9. The molecule has 0 saturated heterocycles. The van der Waals surface area contributed by atoms with Gasteiger partial charge >= 0.3 is 0 Å². The Morgan fingerprint density at radius 3 is 2.27 bits per heavy atom. The summed E-state index contributed by atoms with van der Waals surface area (Å²) in [6.45, 7) is 11.8. The Hall–Kier alpha value is -1.53. The van der Waals surface area contributed by atoms with Crippen molar-refractivity contribution in [1.82, 2.24) is 0 Å². The van der Waals surface area contributed by atoms with E-state index in [4.69, 9.17) is 9.73 Å². The van der Waals surface area contributed by atoms with E-state index >= 15 is 0 Å². The molecule has 0 bridgehead atoms. The predicted octanol–water partition coefficient (Wildman–Crippen LogP) is 5.46. The van der Waals surface area contributed by atoms with Gasteiger partial charge in [0, 0.05) is 0 Å². The highest BCUT2D eigenvalue weighted by Crippen LogP contribution is 2.41. The molecular formula is C19H23NOP-. The minimum atomic E-state index is 0.149. The van der Waals surface area contributed by atoms with E-state index in [-0.39, 0.29) is 11.5 Å². The van der Waals surface area contributed by atoms with Gasteiger partial charge in [0.2, 0.25) is 0 Å². The van der Waals surface area contributed by atoms with Crippen LogP contribution >= 0.6 is 8.19 Å². The topological polar surface area (TPSA) is 21.6 Å². The molecule has 1 atom stereocenters. The summed E-state index contributed by atoms with van der Waals surface area (Å²) in [5.74, 6) is 0.851. The third kappa shape index (κ3) is 2.73. The maximum atomic E-state index is 5.94. The smallest absolute Gasteiger partial charge is 0.184 e. The molecule has 0 spiro atoms. The molecule has 1 aromatic heterocycles. The molecule has 116 valence electrons.